The lowest BCUT2D eigenvalue weighted by Crippen LogP contribution is -2.15. The number of thioether (sulfide) groups is 1. The monoisotopic (exact) mass is 648 g/mol. The normalized spacial score (nSPS) is 12.4. The van der Waals surface area contributed by atoms with Gasteiger partial charge >= 0.3 is 0 Å². The van der Waals surface area contributed by atoms with Crippen LogP contribution in [0.2, 0.25) is 0 Å². The Labute approximate surface area is 262 Å². The van der Waals surface area contributed by atoms with E-state index in [4.69, 9.17) is 4.74 Å². The Morgan fingerprint density at radius 1 is 0.854 bits per heavy atom. The number of unbranched alkanes of at least 4 members (excludes halogenated alkanes) is 13. The Balaban J connectivity index is 0.00000588. The molecule has 0 saturated carbocycles. The molecule has 0 saturated heterocycles. The quantitative estimate of drug-likeness (QED) is 0.137. The molecule has 2 aromatic rings. The zero-order valence-corrected chi connectivity index (χ0v) is 27.4. The predicted molar refractivity (Wildman–Crippen MR) is 178 cm³/mol. The third kappa shape index (κ3) is 15.2. The topological polar surface area (TPSA) is 41.6 Å². The van der Waals surface area contributed by atoms with Crippen LogP contribution in [0, 0.1) is 5.82 Å². The zero-order valence-electron chi connectivity index (χ0n) is 24.9. The molecule has 2 aromatic carbocycles. The Bertz CT molecular complexity index is 1020. The summed E-state index contributed by atoms with van der Waals surface area (Å²) in [5.74, 6) is 0.662. The van der Waals surface area contributed by atoms with Crippen molar-refractivity contribution in [1.29, 1.82) is 0 Å². The third-order valence-electron chi connectivity index (χ3n) is 7.35. The molecule has 0 unspecified atom stereocenters. The molecule has 0 atom stereocenters. The summed E-state index contributed by atoms with van der Waals surface area (Å²) >= 11 is 1.78. The number of benzene rings is 2. The molecular formula is C34H50BrFN2O2S. The van der Waals surface area contributed by atoms with Crippen LogP contribution in [0.15, 0.2) is 54.1 Å². The summed E-state index contributed by atoms with van der Waals surface area (Å²) in [5.41, 5.74) is 2.57. The number of halogens is 2. The molecule has 228 valence electrons. The molecule has 0 fully saturated rings. The van der Waals surface area contributed by atoms with Crippen LogP contribution in [0.4, 0.5) is 10.1 Å². The Morgan fingerprint density at radius 3 is 2.00 bits per heavy atom. The molecule has 7 heteroatoms. The van der Waals surface area contributed by atoms with Crippen molar-refractivity contribution >= 4 is 40.3 Å². The first kappa shape index (κ1) is 35.2. The highest BCUT2D eigenvalue weighted by atomic mass is 79.9. The second kappa shape index (κ2) is 21.7. The van der Waals surface area contributed by atoms with E-state index in [0.717, 1.165) is 31.0 Å². The summed E-state index contributed by atoms with van der Waals surface area (Å²) < 4.78 is 20.2. The van der Waals surface area contributed by atoms with E-state index in [1.54, 1.807) is 23.9 Å². The van der Waals surface area contributed by atoms with Crippen molar-refractivity contribution in [2.75, 3.05) is 17.8 Å². The maximum atomic E-state index is 14.6. The molecule has 3 rings (SSSR count). The fourth-order valence-electron chi connectivity index (χ4n) is 4.98. The minimum Gasteiger partial charge on any atom is -0.491 e. The first-order chi connectivity index (χ1) is 19.6. The van der Waals surface area contributed by atoms with Gasteiger partial charge < -0.3 is 15.0 Å². The second-order valence-corrected chi connectivity index (χ2v) is 11.8. The number of carbonyl (C=O) groups excluding carboxylic acids is 1. The van der Waals surface area contributed by atoms with Crippen molar-refractivity contribution in [3.63, 3.8) is 0 Å². The summed E-state index contributed by atoms with van der Waals surface area (Å²) in [6, 6.07) is 12.7. The highest BCUT2D eigenvalue weighted by Gasteiger charge is 2.10. The Kier molecular flexibility index (Phi) is 18.6. The molecule has 4 nitrogen and oxygen atoms in total. The average Bonchev–Trinajstić information content (AvgIpc) is 3.46. The van der Waals surface area contributed by atoms with Crippen molar-refractivity contribution in [3.05, 3.63) is 71.0 Å². The van der Waals surface area contributed by atoms with Crippen molar-refractivity contribution in [1.82, 2.24) is 4.90 Å². The molecule has 0 spiro atoms. The number of amides is 1. The van der Waals surface area contributed by atoms with Crippen LogP contribution in [-0.2, 0) is 17.8 Å². The highest BCUT2D eigenvalue weighted by molar-refractivity contribution is 8.93. The Morgan fingerprint density at radius 2 is 1.44 bits per heavy atom. The minimum absolute atomic E-state index is 0. The van der Waals surface area contributed by atoms with Gasteiger partial charge in [0, 0.05) is 18.4 Å². The molecule has 0 aromatic heterocycles. The van der Waals surface area contributed by atoms with Crippen LogP contribution in [-0.4, -0.2) is 23.3 Å². The van der Waals surface area contributed by atoms with E-state index in [1.807, 2.05) is 24.3 Å². The number of anilines is 1. The van der Waals surface area contributed by atoms with E-state index in [0.29, 0.717) is 12.2 Å². The van der Waals surface area contributed by atoms with Crippen molar-refractivity contribution < 1.29 is 13.9 Å². The van der Waals surface area contributed by atoms with Gasteiger partial charge in [0.25, 0.3) is 0 Å². The molecule has 0 bridgehead atoms. The largest absolute Gasteiger partial charge is 0.491 e. The SMILES string of the molecule is Br.CCCCCCCCCCCCCCCCOc1ccc(CC(=O)Nc2ccc(CN3C=CSC3)cc2)cc1F. The highest BCUT2D eigenvalue weighted by Crippen LogP contribution is 2.21. The summed E-state index contributed by atoms with van der Waals surface area (Å²) in [7, 11) is 0. The third-order valence-corrected chi connectivity index (χ3v) is 8.14. The molecule has 41 heavy (non-hydrogen) atoms. The fourth-order valence-corrected chi connectivity index (χ4v) is 5.69. The first-order valence-electron chi connectivity index (χ1n) is 15.5. The molecule has 1 N–H and O–H groups in total. The van der Waals surface area contributed by atoms with Gasteiger partial charge in [-0.15, -0.1) is 28.7 Å². The van der Waals surface area contributed by atoms with Gasteiger partial charge in [0.05, 0.1) is 18.9 Å². The minimum atomic E-state index is -0.408. The molecule has 1 aliphatic rings. The van der Waals surface area contributed by atoms with E-state index < -0.39 is 5.82 Å². The van der Waals surface area contributed by atoms with Gasteiger partial charge in [0.2, 0.25) is 5.91 Å². The van der Waals surface area contributed by atoms with Crippen LogP contribution >= 0.6 is 28.7 Å². The summed E-state index contributed by atoms with van der Waals surface area (Å²) in [6.45, 7) is 3.65. The smallest absolute Gasteiger partial charge is 0.228 e. The number of hydrogen-bond acceptors (Lipinski definition) is 4. The van der Waals surface area contributed by atoms with Gasteiger partial charge in [-0.2, -0.15) is 0 Å². The van der Waals surface area contributed by atoms with Crippen LogP contribution in [0.3, 0.4) is 0 Å². The number of rotatable bonds is 21. The fraction of sp³-hybridized carbons (Fsp3) is 0.559. The zero-order chi connectivity index (χ0) is 28.3. The van der Waals surface area contributed by atoms with E-state index in [9.17, 15) is 9.18 Å². The van der Waals surface area contributed by atoms with Gasteiger partial charge in [-0.1, -0.05) is 109 Å². The second-order valence-electron chi connectivity index (χ2n) is 11.0. The summed E-state index contributed by atoms with van der Waals surface area (Å²) in [4.78, 5) is 14.7. The number of nitrogens with zero attached hydrogens (tertiary/aromatic N) is 1. The van der Waals surface area contributed by atoms with Crippen molar-refractivity contribution in [2.24, 2.45) is 0 Å². The van der Waals surface area contributed by atoms with Crippen LogP contribution in [0.1, 0.15) is 108 Å². The van der Waals surface area contributed by atoms with Crippen LogP contribution < -0.4 is 10.1 Å². The molecule has 1 amide bonds. The van der Waals surface area contributed by atoms with Gasteiger partial charge in [-0.05, 0) is 47.2 Å². The van der Waals surface area contributed by atoms with Gasteiger partial charge in [0.1, 0.15) is 0 Å². The lowest BCUT2D eigenvalue weighted by atomic mass is 10.0. The molecule has 1 heterocycles. The lowest BCUT2D eigenvalue weighted by molar-refractivity contribution is -0.115. The number of nitrogens with one attached hydrogen (secondary N) is 1. The number of carbonyl (C=O) groups is 1. The molecule has 0 aliphatic carbocycles. The number of ether oxygens (including phenoxy) is 1. The first-order valence-corrected chi connectivity index (χ1v) is 16.5. The van der Waals surface area contributed by atoms with Crippen LogP contribution in [0.5, 0.6) is 5.75 Å². The van der Waals surface area contributed by atoms with E-state index in [1.165, 1.54) is 88.7 Å². The van der Waals surface area contributed by atoms with E-state index in [2.05, 4.69) is 28.7 Å². The average molecular weight is 650 g/mol. The Hall–Kier alpha value is -1.99. The molecule has 1 aliphatic heterocycles. The van der Waals surface area contributed by atoms with Gasteiger partial charge in [-0.3, -0.25) is 4.79 Å². The van der Waals surface area contributed by atoms with E-state index in [-0.39, 0.29) is 35.1 Å². The van der Waals surface area contributed by atoms with Gasteiger partial charge in [-0.25, -0.2) is 4.39 Å². The van der Waals surface area contributed by atoms with E-state index >= 15 is 0 Å². The number of hydrogen-bond donors (Lipinski definition) is 1. The molecule has 0 radical (unpaired) electrons. The van der Waals surface area contributed by atoms with Crippen molar-refractivity contribution in [3.8, 4) is 5.75 Å². The lowest BCUT2D eigenvalue weighted by Gasteiger charge is -2.15. The van der Waals surface area contributed by atoms with Crippen molar-refractivity contribution in [2.45, 2.75) is 110 Å². The predicted octanol–water partition coefficient (Wildman–Crippen LogP) is 10.4. The van der Waals surface area contributed by atoms with Crippen LogP contribution in [0.25, 0.3) is 0 Å². The maximum absolute atomic E-state index is 14.6. The maximum Gasteiger partial charge on any atom is 0.228 e. The molecular weight excluding hydrogens is 599 g/mol. The summed E-state index contributed by atoms with van der Waals surface area (Å²) in [6.07, 6.45) is 20.5. The summed E-state index contributed by atoms with van der Waals surface area (Å²) in [5, 5.41) is 5.00. The van der Waals surface area contributed by atoms with Gasteiger partial charge in [0.15, 0.2) is 11.6 Å². The standard InChI is InChI=1S/C34H49FN2O2S.BrH/c1-2-3-4-5-6-7-8-9-10-11-12-13-14-15-23-39-33-21-18-30(25-32(33)35)26-34(38)36-31-19-16-29(17-20-31)27-37-22-24-40-28-37;/h16-22,24-25H,2-15,23,26-28H2,1H3,(H,36,38);1H.